The van der Waals surface area contributed by atoms with Crippen LogP contribution in [0.2, 0.25) is 0 Å². The zero-order valence-electron chi connectivity index (χ0n) is 13.6. The standard InChI is InChI=1S/C16H22N6O2/c23-16(14-1-3-18-19-14)21-4-2-15-17-11-13(22(15)6-5-21)12-20-7-9-24-10-8-20/h1,3,11H,2,4-10,12H2,(H,18,19). The van der Waals surface area contributed by atoms with Crippen molar-refractivity contribution >= 4 is 5.91 Å². The Labute approximate surface area is 140 Å². The lowest BCUT2D eigenvalue weighted by Crippen LogP contribution is -2.36. The van der Waals surface area contributed by atoms with Gasteiger partial charge in [0.05, 0.1) is 18.9 Å². The third kappa shape index (κ3) is 3.07. The van der Waals surface area contributed by atoms with Crippen molar-refractivity contribution in [3.05, 3.63) is 35.7 Å². The molecule has 4 rings (SSSR count). The van der Waals surface area contributed by atoms with Gasteiger partial charge in [-0.25, -0.2) is 4.98 Å². The first-order valence-electron chi connectivity index (χ1n) is 8.43. The largest absolute Gasteiger partial charge is 0.379 e. The maximum absolute atomic E-state index is 12.5. The van der Waals surface area contributed by atoms with Gasteiger partial charge in [0.15, 0.2) is 0 Å². The number of carbonyl (C=O) groups is 1. The Morgan fingerprint density at radius 3 is 2.88 bits per heavy atom. The van der Waals surface area contributed by atoms with Crippen molar-refractivity contribution < 1.29 is 9.53 Å². The second-order valence-electron chi connectivity index (χ2n) is 6.22. The molecule has 1 N–H and O–H groups in total. The summed E-state index contributed by atoms with van der Waals surface area (Å²) in [5.74, 6) is 1.08. The minimum Gasteiger partial charge on any atom is -0.379 e. The molecular weight excluding hydrogens is 308 g/mol. The van der Waals surface area contributed by atoms with Gasteiger partial charge in [-0.2, -0.15) is 5.10 Å². The van der Waals surface area contributed by atoms with Crippen LogP contribution < -0.4 is 0 Å². The Kier molecular flexibility index (Phi) is 4.31. The van der Waals surface area contributed by atoms with Gasteiger partial charge in [0.2, 0.25) is 0 Å². The number of aromatic amines is 1. The predicted octanol–water partition coefficient (Wildman–Crippen LogP) is 0.137. The summed E-state index contributed by atoms with van der Waals surface area (Å²) in [5, 5.41) is 6.62. The lowest BCUT2D eigenvalue weighted by Gasteiger charge is -2.27. The van der Waals surface area contributed by atoms with Crippen molar-refractivity contribution in [2.75, 3.05) is 39.4 Å². The van der Waals surface area contributed by atoms with Crippen LogP contribution in [0.15, 0.2) is 18.5 Å². The third-order valence-electron chi connectivity index (χ3n) is 4.73. The summed E-state index contributed by atoms with van der Waals surface area (Å²) in [7, 11) is 0. The molecule has 0 radical (unpaired) electrons. The quantitative estimate of drug-likeness (QED) is 0.866. The molecule has 2 aromatic heterocycles. The lowest BCUT2D eigenvalue weighted by atomic mass is 10.3. The van der Waals surface area contributed by atoms with E-state index in [1.807, 2.05) is 11.1 Å². The van der Waals surface area contributed by atoms with Gasteiger partial charge in [-0.1, -0.05) is 0 Å². The first-order valence-corrected chi connectivity index (χ1v) is 8.43. The second-order valence-corrected chi connectivity index (χ2v) is 6.22. The van der Waals surface area contributed by atoms with Crippen LogP contribution in [-0.4, -0.2) is 74.8 Å². The molecule has 0 aliphatic carbocycles. The summed E-state index contributed by atoms with van der Waals surface area (Å²) < 4.78 is 7.68. The number of hydrogen-bond acceptors (Lipinski definition) is 5. The average Bonchev–Trinajstić information content (AvgIpc) is 3.22. The molecule has 2 aliphatic rings. The maximum atomic E-state index is 12.5. The van der Waals surface area contributed by atoms with E-state index in [-0.39, 0.29) is 5.91 Å². The number of ether oxygens (including phenoxy) is 1. The van der Waals surface area contributed by atoms with E-state index in [0.717, 1.165) is 51.6 Å². The highest BCUT2D eigenvalue weighted by atomic mass is 16.5. The van der Waals surface area contributed by atoms with Gasteiger partial charge in [-0.3, -0.25) is 14.8 Å². The Morgan fingerprint density at radius 1 is 1.21 bits per heavy atom. The van der Waals surface area contributed by atoms with Crippen molar-refractivity contribution in [1.82, 2.24) is 29.5 Å². The highest BCUT2D eigenvalue weighted by molar-refractivity contribution is 5.92. The molecule has 1 fully saturated rings. The fraction of sp³-hybridized carbons (Fsp3) is 0.562. The predicted molar refractivity (Wildman–Crippen MR) is 86.5 cm³/mol. The van der Waals surface area contributed by atoms with Crippen LogP contribution in [0.25, 0.3) is 0 Å². The first-order chi connectivity index (χ1) is 11.8. The number of amides is 1. The molecule has 1 saturated heterocycles. The normalized spacial score (nSPS) is 19.1. The van der Waals surface area contributed by atoms with Crippen LogP contribution in [0.1, 0.15) is 22.0 Å². The molecule has 2 aromatic rings. The highest BCUT2D eigenvalue weighted by Crippen LogP contribution is 2.15. The van der Waals surface area contributed by atoms with Gasteiger partial charge in [-0.05, 0) is 6.07 Å². The first kappa shape index (κ1) is 15.3. The zero-order chi connectivity index (χ0) is 16.4. The number of rotatable bonds is 3. The van der Waals surface area contributed by atoms with E-state index in [4.69, 9.17) is 4.74 Å². The Morgan fingerprint density at radius 2 is 2.08 bits per heavy atom. The van der Waals surface area contributed by atoms with Crippen molar-refractivity contribution in [3.8, 4) is 0 Å². The topological polar surface area (TPSA) is 79.3 Å². The summed E-state index contributed by atoms with van der Waals surface area (Å²) >= 11 is 0. The van der Waals surface area contributed by atoms with Gasteiger partial charge in [-0.15, -0.1) is 0 Å². The van der Waals surface area contributed by atoms with Gasteiger partial charge in [0.1, 0.15) is 11.5 Å². The monoisotopic (exact) mass is 330 g/mol. The Bertz CT molecular complexity index is 689. The molecular formula is C16H22N6O2. The number of nitrogens with zero attached hydrogens (tertiary/aromatic N) is 5. The number of H-pyrrole nitrogens is 1. The van der Waals surface area contributed by atoms with Crippen molar-refractivity contribution in [1.29, 1.82) is 0 Å². The molecule has 128 valence electrons. The summed E-state index contributed by atoms with van der Waals surface area (Å²) in [5.41, 5.74) is 1.77. The molecule has 0 spiro atoms. The van der Waals surface area contributed by atoms with Crippen LogP contribution in [0.3, 0.4) is 0 Å². The molecule has 1 amide bonds. The van der Waals surface area contributed by atoms with Gasteiger partial charge in [0.25, 0.3) is 5.91 Å². The number of imidazole rings is 1. The van der Waals surface area contributed by atoms with Crippen LogP contribution in [0, 0.1) is 0 Å². The molecule has 0 saturated carbocycles. The fourth-order valence-corrected chi connectivity index (χ4v) is 3.36. The maximum Gasteiger partial charge on any atom is 0.271 e. The van der Waals surface area contributed by atoms with E-state index in [2.05, 4.69) is 24.6 Å². The van der Waals surface area contributed by atoms with Crippen molar-refractivity contribution in [3.63, 3.8) is 0 Å². The zero-order valence-corrected chi connectivity index (χ0v) is 13.6. The van der Waals surface area contributed by atoms with E-state index < -0.39 is 0 Å². The average molecular weight is 330 g/mol. The smallest absolute Gasteiger partial charge is 0.271 e. The summed E-state index contributed by atoms with van der Waals surface area (Å²) in [6.07, 6.45) is 4.37. The van der Waals surface area contributed by atoms with E-state index in [9.17, 15) is 4.79 Å². The molecule has 0 unspecified atom stereocenters. The number of aromatic nitrogens is 4. The number of fused-ring (bicyclic) bond motifs is 1. The summed E-state index contributed by atoms with van der Waals surface area (Å²) in [6, 6.07) is 1.72. The molecule has 0 aromatic carbocycles. The van der Waals surface area contributed by atoms with Gasteiger partial charge < -0.3 is 14.2 Å². The van der Waals surface area contributed by atoms with Crippen LogP contribution in [0.4, 0.5) is 0 Å². The molecule has 24 heavy (non-hydrogen) atoms. The molecule has 0 atom stereocenters. The van der Waals surface area contributed by atoms with E-state index >= 15 is 0 Å². The molecule has 2 aliphatic heterocycles. The Balaban J connectivity index is 1.44. The minimum atomic E-state index is 0.00739. The number of nitrogens with one attached hydrogen (secondary N) is 1. The third-order valence-corrected chi connectivity index (χ3v) is 4.73. The molecule has 8 heteroatoms. The number of morpholine rings is 1. The SMILES string of the molecule is O=C(c1ccn[nH]1)N1CCc2ncc(CN3CCOCC3)n2CC1. The van der Waals surface area contributed by atoms with Crippen molar-refractivity contribution in [2.24, 2.45) is 0 Å². The van der Waals surface area contributed by atoms with E-state index in [1.54, 1.807) is 12.3 Å². The molecule has 0 bridgehead atoms. The van der Waals surface area contributed by atoms with Crippen LogP contribution in [0.5, 0.6) is 0 Å². The molecule has 4 heterocycles. The molecule has 8 nitrogen and oxygen atoms in total. The van der Waals surface area contributed by atoms with Crippen molar-refractivity contribution in [2.45, 2.75) is 19.5 Å². The van der Waals surface area contributed by atoms with Gasteiger partial charge in [0, 0.05) is 58.1 Å². The number of hydrogen-bond donors (Lipinski definition) is 1. The summed E-state index contributed by atoms with van der Waals surface area (Å²) in [6.45, 7) is 6.58. The van der Waals surface area contributed by atoms with Crippen LogP contribution in [-0.2, 0) is 24.2 Å². The second kappa shape index (κ2) is 6.74. The lowest BCUT2D eigenvalue weighted by molar-refractivity contribution is 0.0331. The van der Waals surface area contributed by atoms with E-state index in [0.29, 0.717) is 18.8 Å². The van der Waals surface area contributed by atoms with Crippen LogP contribution >= 0.6 is 0 Å². The number of carbonyl (C=O) groups excluding carboxylic acids is 1. The van der Waals surface area contributed by atoms with Gasteiger partial charge >= 0.3 is 0 Å². The highest BCUT2D eigenvalue weighted by Gasteiger charge is 2.23. The minimum absolute atomic E-state index is 0.00739. The fourth-order valence-electron chi connectivity index (χ4n) is 3.36. The Hall–Kier alpha value is -2.19. The summed E-state index contributed by atoms with van der Waals surface area (Å²) in [4.78, 5) is 21.3. The van der Waals surface area contributed by atoms with E-state index in [1.165, 1.54) is 5.69 Å².